The number of hydrogen-bond donors (Lipinski definition) is 1. The van der Waals surface area contributed by atoms with Crippen molar-refractivity contribution in [2.24, 2.45) is 0 Å². The third-order valence-corrected chi connectivity index (χ3v) is 4.68. The fraction of sp³-hybridized carbons (Fsp3) is 0.389. The van der Waals surface area contributed by atoms with Gasteiger partial charge in [0, 0.05) is 30.0 Å². The van der Waals surface area contributed by atoms with Gasteiger partial charge in [0.2, 0.25) is 5.91 Å². The van der Waals surface area contributed by atoms with E-state index < -0.39 is 0 Å². The van der Waals surface area contributed by atoms with Gasteiger partial charge < -0.3 is 9.88 Å². The lowest BCUT2D eigenvalue weighted by Crippen LogP contribution is -2.40. The number of nitrogens with zero attached hydrogens (tertiary/aromatic N) is 2. The lowest BCUT2D eigenvalue weighted by molar-refractivity contribution is -0.130. The van der Waals surface area contributed by atoms with Crippen molar-refractivity contribution in [2.75, 3.05) is 6.54 Å². The number of carbonyl (C=O) groups excluding carboxylic acids is 1. The topological polar surface area (TPSA) is 66.1 Å². The van der Waals surface area contributed by atoms with Crippen LogP contribution in [-0.4, -0.2) is 27.3 Å². The van der Waals surface area contributed by atoms with Gasteiger partial charge in [-0.15, -0.1) is 0 Å². The van der Waals surface area contributed by atoms with Crippen molar-refractivity contribution in [1.82, 2.24) is 14.9 Å². The third kappa shape index (κ3) is 3.22. The Morgan fingerprint density at radius 3 is 2.71 bits per heavy atom. The number of amides is 1. The van der Waals surface area contributed by atoms with E-state index in [-0.39, 0.29) is 17.4 Å². The zero-order valence-electron chi connectivity index (χ0n) is 13.8. The lowest BCUT2D eigenvalue weighted by Gasteiger charge is -2.33. The number of rotatable bonds is 3. The highest BCUT2D eigenvalue weighted by atomic mass is 35.5. The van der Waals surface area contributed by atoms with E-state index in [0.717, 1.165) is 24.1 Å². The molecule has 1 N–H and O–H groups in total. The summed E-state index contributed by atoms with van der Waals surface area (Å²) in [6.07, 6.45) is 1.87. The van der Waals surface area contributed by atoms with E-state index in [9.17, 15) is 9.59 Å². The van der Waals surface area contributed by atoms with Gasteiger partial charge in [0.15, 0.2) is 0 Å². The van der Waals surface area contributed by atoms with Crippen LogP contribution >= 0.6 is 11.6 Å². The normalized spacial score (nSPS) is 16.8. The highest BCUT2D eigenvalue weighted by molar-refractivity contribution is 6.30. The molecule has 24 heavy (non-hydrogen) atoms. The van der Waals surface area contributed by atoms with Crippen LogP contribution in [-0.2, 0) is 11.3 Å². The number of nitrogens with one attached hydrogen (secondary N) is 1. The number of H-pyrrole nitrogens is 1. The number of hydrogen-bond acceptors (Lipinski definition) is 3. The summed E-state index contributed by atoms with van der Waals surface area (Å²) in [5.41, 5.74) is 2.08. The van der Waals surface area contributed by atoms with E-state index in [2.05, 4.69) is 11.9 Å². The maximum Gasteiger partial charge on any atom is 0.256 e. The van der Waals surface area contributed by atoms with Gasteiger partial charge in [-0.25, -0.2) is 4.98 Å². The van der Waals surface area contributed by atoms with Crippen molar-refractivity contribution in [3.05, 3.63) is 50.9 Å². The van der Waals surface area contributed by atoms with E-state index in [1.807, 2.05) is 12.1 Å². The van der Waals surface area contributed by atoms with Crippen LogP contribution in [0.3, 0.4) is 0 Å². The average Bonchev–Trinajstić information content (AvgIpc) is 2.56. The first-order chi connectivity index (χ1) is 11.5. The minimum absolute atomic E-state index is 0.0112. The Kier molecular flexibility index (Phi) is 4.71. The molecule has 1 unspecified atom stereocenters. The Labute approximate surface area is 145 Å². The molecule has 2 aromatic rings. The molecule has 5 nitrogen and oxygen atoms in total. The second-order valence-corrected chi connectivity index (χ2v) is 6.61. The van der Waals surface area contributed by atoms with Gasteiger partial charge in [0.05, 0.1) is 17.8 Å². The number of carbonyl (C=O) groups is 1. The van der Waals surface area contributed by atoms with Gasteiger partial charge in [-0.3, -0.25) is 9.59 Å². The minimum atomic E-state index is -0.169. The van der Waals surface area contributed by atoms with Crippen LogP contribution in [0.15, 0.2) is 29.1 Å². The molecule has 6 heteroatoms. The fourth-order valence-electron chi connectivity index (χ4n) is 3.17. The maximum absolute atomic E-state index is 12.6. The van der Waals surface area contributed by atoms with Crippen LogP contribution in [0, 0.1) is 0 Å². The molecule has 2 heterocycles. The van der Waals surface area contributed by atoms with Crippen molar-refractivity contribution in [3.63, 3.8) is 0 Å². The molecule has 0 aliphatic carbocycles. The SMILES string of the molecule is CCCC1CN(C(C)=O)Cc2c1nc(-c1ccc(Cl)cc1)[nH]c2=O. The van der Waals surface area contributed by atoms with Gasteiger partial charge in [0.25, 0.3) is 5.56 Å². The van der Waals surface area contributed by atoms with Crippen LogP contribution < -0.4 is 5.56 Å². The summed E-state index contributed by atoms with van der Waals surface area (Å²) in [5, 5.41) is 0.639. The van der Waals surface area contributed by atoms with E-state index in [4.69, 9.17) is 16.6 Å². The highest BCUT2D eigenvalue weighted by Crippen LogP contribution is 2.30. The molecule has 0 saturated carbocycles. The quantitative estimate of drug-likeness (QED) is 0.927. The number of fused-ring (bicyclic) bond motifs is 1. The predicted octanol–water partition coefficient (Wildman–Crippen LogP) is 3.34. The molecule has 1 atom stereocenters. The maximum atomic E-state index is 12.6. The summed E-state index contributed by atoms with van der Waals surface area (Å²) in [4.78, 5) is 33.7. The molecule has 1 aromatic carbocycles. The Bertz CT molecular complexity index is 814. The summed E-state index contributed by atoms with van der Waals surface area (Å²) < 4.78 is 0. The molecule has 0 bridgehead atoms. The second kappa shape index (κ2) is 6.77. The number of aromatic nitrogens is 2. The molecule has 126 valence electrons. The zero-order valence-corrected chi connectivity index (χ0v) is 14.6. The first kappa shape index (κ1) is 16.7. The van der Waals surface area contributed by atoms with Gasteiger partial charge in [0.1, 0.15) is 5.82 Å². The number of aromatic amines is 1. The van der Waals surface area contributed by atoms with E-state index in [1.165, 1.54) is 6.92 Å². The molecule has 1 amide bonds. The molecule has 0 fully saturated rings. The molecule has 0 saturated heterocycles. The Morgan fingerprint density at radius 2 is 2.08 bits per heavy atom. The van der Waals surface area contributed by atoms with Crippen molar-refractivity contribution < 1.29 is 4.79 Å². The van der Waals surface area contributed by atoms with E-state index in [0.29, 0.717) is 29.5 Å². The lowest BCUT2D eigenvalue weighted by atomic mass is 9.91. The summed E-state index contributed by atoms with van der Waals surface area (Å²) >= 11 is 5.93. The van der Waals surface area contributed by atoms with Crippen LogP contribution in [0.4, 0.5) is 0 Å². The third-order valence-electron chi connectivity index (χ3n) is 4.42. The Hall–Kier alpha value is -2.14. The Balaban J connectivity index is 2.08. The van der Waals surface area contributed by atoms with Gasteiger partial charge in [-0.2, -0.15) is 0 Å². The Morgan fingerprint density at radius 1 is 1.38 bits per heavy atom. The average molecular weight is 346 g/mol. The predicted molar refractivity (Wildman–Crippen MR) is 94.0 cm³/mol. The van der Waals surface area contributed by atoms with E-state index >= 15 is 0 Å². The highest BCUT2D eigenvalue weighted by Gasteiger charge is 2.30. The zero-order chi connectivity index (χ0) is 17.3. The van der Waals surface area contributed by atoms with Crippen molar-refractivity contribution in [3.8, 4) is 11.4 Å². The molecule has 0 spiro atoms. The molecule has 0 radical (unpaired) electrons. The molecule has 3 rings (SSSR count). The monoisotopic (exact) mass is 345 g/mol. The summed E-state index contributed by atoms with van der Waals surface area (Å²) in [6, 6.07) is 7.23. The van der Waals surface area contributed by atoms with Crippen molar-refractivity contribution in [1.29, 1.82) is 0 Å². The van der Waals surface area contributed by atoms with Gasteiger partial charge in [-0.05, 0) is 30.7 Å². The molecular formula is C18H20ClN3O2. The van der Waals surface area contributed by atoms with Crippen LogP contribution in [0.5, 0.6) is 0 Å². The molecule has 1 aromatic heterocycles. The fourth-order valence-corrected chi connectivity index (χ4v) is 3.30. The van der Waals surface area contributed by atoms with Crippen LogP contribution in [0.2, 0.25) is 5.02 Å². The van der Waals surface area contributed by atoms with Crippen molar-refractivity contribution in [2.45, 2.75) is 39.2 Å². The van der Waals surface area contributed by atoms with Gasteiger partial charge in [-0.1, -0.05) is 24.9 Å². The summed E-state index contributed by atoms with van der Waals surface area (Å²) in [5.74, 6) is 0.631. The molecule has 1 aliphatic heterocycles. The van der Waals surface area contributed by atoms with E-state index in [1.54, 1.807) is 17.0 Å². The number of halogens is 1. The van der Waals surface area contributed by atoms with Crippen molar-refractivity contribution >= 4 is 17.5 Å². The summed E-state index contributed by atoms with van der Waals surface area (Å²) in [6.45, 7) is 4.58. The number of benzene rings is 1. The van der Waals surface area contributed by atoms with Crippen LogP contribution in [0.25, 0.3) is 11.4 Å². The largest absolute Gasteiger partial charge is 0.338 e. The molecular weight excluding hydrogens is 326 g/mol. The van der Waals surface area contributed by atoms with Gasteiger partial charge >= 0.3 is 0 Å². The first-order valence-electron chi connectivity index (χ1n) is 8.14. The molecule has 1 aliphatic rings. The second-order valence-electron chi connectivity index (χ2n) is 6.17. The first-order valence-corrected chi connectivity index (χ1v) is 8.52. The summed E-state index contributed by atoms with van der Waals surface area (Å²) in [7, 11) is 0. The smallest absolute Gasteiger partial charge is 0.256 e. The standard InChI is InChI=1S/C18H20ClN3O2/c1-3-4-13-9-22(11(2)23)10-15-16(13)20-17(21-18(15)24)12-5-7-14(19)8-6-12/h5-8,13H,3-4,9-10H2,1-2H3,(H,20,21,24). The minimum Gasteiger partial charge on any atom is -0.338 e. The van der Waals surface area contributed by atoms with Crippen LogP contribution in [0.1, 0.15) is 43.9 Å².